The Bertz CT molecular complexity index is 396. The van der Waals surface area contributed by atoms with Crippen LogP contribution in [0.25, 0.3) is 0 Å². The van der Waals surface area contributed by atoms with Crippen molar-refractivity contribution in [2.45, 2.75) is 51.6 Å². The third-order valence-corrected chi connectivity index (χ3v) is 4.01. The zero-order chi connectivity index (χ0) is 17.4. The highest BCUT2D eigenvalue weighted by Gasteiger charge is 2.29. The third-order valence-electron chi connectivity index (χ3n) is 4.01. The summed E-state index contributed by atoms with van der Waals surface area (Å²) in [5.41, 5.74) is 0. The molecular formula is C15H27F2N3O3. The number of carbonyl (C=O) groups is 2. The molecule has 1 heterocycles. The molecule has 0 unspecified atom stereocenters. The fourth-order valence-electron chi connectivity index (χ4n) is 2.66. The molecule has 1 rings (SSSR count). The summed E-state index contributed by atoms with van der Waals surface area (Å²) in [6.45, 7) is 3.76. The molecule has 0 saturated carbocycles. The van der Waals surface area contributed by atoms with E-state index in [1.807, 2.05) is 6.92 Å². The molecule has 0 spiro atoms. The summed E-state index contributed by atoms with van der Waals surface area (Å²) in [5.74, 6) is -0.172. The third kappa shape index (κ3) is 6.29. The molecule has 0 aromatic rings. The monoisotopic (exact) mass is 335 g/mol. The number of rotatable bonds is 7. The van der Waals surface area contributed by atoms with E-state index >= 15 is 0 Å². The number of likely N-dealkylation sites (tertiary alicyclic amines) is 1. The molecule has 134 valence electrons. The van der Waals surface area contributed by atoms with Crippen molar-refractivity contribution in [1.82, 2.24) is 15.1 Å². The van der Waals surface area contributed by atoms with E-state index in [1.165, 1.54) is 7.11 Å². The second-order valence-electron chi connectivity index (χ2n) is 5.88. The fraction of sp³-hybridized carbons (Fsp3) is 0.867. The van der Waals surface area contributed by atoms with Gasteiger partial charge in [0.25, 0.3) is 6.43 Å². The lowest BCUT2D eigenvalue weighted by Crippen LogP contribution is -2.54. The van der Waals surface area contributed by atoms with E-state index in [0.717, 1.165) is 24.2 Å². The van der Waals surface area contributed by atoms with Crippen LogP contribution in [-0.4, -0.2) is 73.6 Å². The van der Waals surface area contributed by atoms with Gasteiger partial charge >= 0.3 is 6.03 Å². The van der Waals surface area contributed by atoms with Crippen molar-refractivity contribution in [1.29, 1.82) is 0 Å². The predicted octanol–water partition coefficient (Wildman–Crippen LogP) is 1.70. The SMILES string of the molecule is COCCN(CC(F)F)C(=O)N[C@@H](C)C(=O)N1CCCC[C@H]1C. The van der Waals surface area contributed by atoms with Crippen LogP contribution in [0.2, 0.25) is 0 Å². The van der Waals surface area contributed by atoms with E-state index in [4.69, 9.17) is 4.74 Å². The van der Waals surface area contributed by atoms with Crippen LogP contribution in [0.3, 0.4) is 0 Å². The molecule has 3 amide bonds. The quantitative estimate of drug-likeness (QED) is 0.770. The van der Waals surface area contributed by atoms with Crippen molar-refractivity contribution < 1.29 is 23.1 Å². The average molecular weight is 335 g/mol. The highest BCUT2D eigenvalue weighted by Crippen LogP contribution is 2.17. The Kier molecular flexibility index (Phi) is 8.22. The highest BCUT2D eigenvalue weighted by atomic mass is 19.3. The van der Waals surface area contributed by atoms with Gasteiger partial charge in [0.2, 0.25) is 5.91 Å². The number of nitrogens with one attached hydrogen (secondary N) is 1. The van der Waals surface area contributed by atoms with Crippen molar-refractivity contribution in [3.05, 3.63) is 0 Å². The Morgan fingerprint density at radius 3 is 2.65 bits per heavy atom. The molecule has 1 N–H and O–H groups in total. The maximum atomic E-state index is 12.6. The van der Waals surface area contributed by atoms with Crippen LogP contribution < -0.4 is 5.32 Å². The van der Waals surface area contributed by atoms with Gasteiger partial charge in [0.05, 0.1) is 13.2 Å². The van der Waals surface area contributed by atoms with Gasteiger partial charge in [-0.3, -0.25) is 4.79 Å². The normalized spacial score (nSPS) is 19.6. The minimum atomic E-state index is -2.63. The van der Waals surface area contributed by atoms with Gasteiger partial charge < -0.3 is 19.9 Å². The topological polar surface area (TPSA) is 61.9 Å². The first kappa shape index (κ1) is 19.6. The Morgan fingerprint density at radius 1 is 1.39 bits per heavy atom. The summed E-state index contributed by atoms with van der Waals surface area (Å²) in [5, 5.41) is 2.52. The van der Waals surface area contributed by atoms with Gasteiger partial charge in [-0.05, 0) is 33.1 Å². The number of nitrogens with zero attached hydrogens (tertiary/aromatic N) is 2. The number of carbonyl (C=O) groups excluding carboxylic acids is 2. The molecule has 1 aliphatic rings. The smallest absolute Gasteiger partial charge is 0.318 e. The van der Waals surface area contributed by atoms with E-state index in [9.17, 15) is 18.4 Å². The maximum absolute atomic E-state index is 12.6. The minimum Gasteiger partial charge on any atom is -0.383 e. The molecule has 6 nitrogen and oxygen atoms in total. The van der Waals surface area contributed by atoms with Crippen LogP contribution in [0.5, 0.6) is 0 Å². The summed E-state index contributed by atoms with van der Waals surface area (Å²) >= 11 is 0. The van der Waals surface area contributed by atoms with Gasteiger partial charge in [0.15, 0.2) is 0 Å². The number of urea groups is 1. The molecule has 1 saturated heterocycles. The zero-order valence-corrected chi connectivity index (χ0v) is 14.1. The van der Waals surface area contributed by atoms with Gasteiger partial charge in [-0.15, -0.1) is 0 Å². The first-order valence-corrected chi connectivity index (χ1v) is 7.99. The Balaban J connectivity index is 2.59. The van der Waals surface area contributed by atoms with E-state index in [1.54, 1.807) is 11.8 Å². The number of hydrogen-bond acceptors (Lipinski definition) is 3. The second-order valence-corrected chi connectivity index (χ2v) is 5.88. The number of alkyl halides is 2. The lowest BCUT2D eigenvalue weighted by Gasteiger charge is -2.35. The first-order chi connectivity index (χ1) is 10.9. The lowest BCUT2D eigenvalue weighted by molar-refractivity contribution is -0.136. The lowest BCUT2D eigenvalue weighted by atomic mass is 10.0. The van der Waals surface area contributed by atoms with Crippen LogP contribution in [0.1, 0.15) is 33.1 Å². The zero-order valence-electron chi connectivity index (χ0n) is 14.1. The van der Waals surface area contributed by atoms with Crippen molar-refractivity contribution >= 4 is 11.9 Å². The second kappa shape index (κ2) is 9.64. The number of methoxy groups -OCH3 is 1. The number of halogens is 2. The molecule has 0 aromatic heterocycles. The highest BCUT2D eigenvalue weighted by molar-refractivity contribution is 5.87. The molecule has 2 atom stereocenters. The largest absolute Gasteiger partial charge is 0.383 e. The summed E-state index contributed by atoms with van der Waals surface area (Å²) < 4.78 is 30.0. The number of amides is 3. The molecular weight excluding hydrogens is 308 g/mol. The van der Waals surface area contributed by atoms with Gasteiger partial charge in [0, 0.05) is 26.2 Å². The number of piperidine rings is 1. The number of ether oxygens (including phenoxy) is 1. The predicted molar refractivity (Wildman–Crippen MR) is 82.5 cm³/mol. The molecule has 23 heavy (non-hydrogen) atoms. The van der Waals surface area contributed by atoms with E-state index < -0.39 is 25.0 Å². The molecule has 0 bridgehead atoms. The average Bonchev–Trinajstić information content (AvgIpc) is 2.50. The standard InChI is InChI=1S/C15H27F2N3O3/c1-11-6-4-5-7-20(11)14(21)12(2)18-15(22)19(8-9-23-3)10-13(16)17/h11-13H,4-10H2,1-3H3,(H,18,22)/t11-,12+/m1/s1. The van der Waals surface area contributed by atoms with Crippen molar-refractivity contribution in [3.8, 4) is 0 Å². The van der Waals surface area contributed by atoms with Crippen molar-refractivity contribution in [2.75, 3.05) is 33.4 Å². The van der Waals surface area contributed by atoms with E-state index in [-0.39, 0.29) is 25.1 Å². The summed E-state index contributed by atoms with van der Waals surface area (Å²) in [6.07, 6.45) is 0.343. The molecule has 0 aliphatic carbocycles. The summed E-state index contributed by atoms with van der Waals surface area (Å²) in [4.78, 5) is 27.3. The summed E-state index contributed by atoms with van der Waals surface area (Å²) in [7, 11) is 1.43. The molecule has 0 radical (unpaired) electrons. The van der Waals surface area contributed by atoms with Crippen LogP contribution in [0.4, 0.5) is 13.6 Å². The Morgan fingerprint density at radius 2 is 2.09 bits per heavy atom. The van der Waals surface area contributed by atoms with Crippen LogP contribution in [0, 0.1) is 0 Å². The molecule has 8 heteroatoms. The molecule has 0 aromatic carbocycles. The Hall–Kier alpha value is -1.44. The van der Waals surface area contributed by atoms with Crippen molar-refractivity contribution in [2.24, 2.45) is 0 Å². The maximum Gasteiger partial charge on any atom is 0.318 e. The molecule has 1 fully saturated rings. The summed E-state index contributed by atoms with van der Waals surface area (Å²) in [6, 6.07) is -1.28. The minimum absolute atomic E-state index is 0.0493. The van der Waals surface area contributed by atoms with Crippen LogP contribution in [-0.2, 0) is 9.53 Å². The van der Waals surface area contributed by atoms with Gasteiger partial charge in [-0.1, -0.05) is 0 Å². The van der Waals surface area contributed by atoms with Crippen LogP contribution in [0.15, 0.2) is 0 Å². The van der Waals surface area contributed by atoms with Gasteiger partial charge in [-0.2, -0.15) is 0 Å². The van der Waals surface area contributed by atoms with Crippen LogP contribution >= 0.6 is 0 Å². The number of hydrogen-bond donors (Lipinski definition) is 1. The fourth-order valence-corrected chi connectivity index (χ4v) is 2.66. The van der Waals surface area contributed by atoms with Crippen molar-refractivity contribution in [3.63, 3.8) is 0 Å². The van der Waals surface area contributed by atoms with E-state index in [0.29, 0.717) is 6.54 Å². The van der Waals surface area contributed by atoms with E-state index in [2.05, 4.69) is 5.32 Å². The van der Waals surface area contributed by atoms with Gasteiger partial charge in [-0.25, -0.2) is 13.6 Å². The first-order valence-electron chi connectivity index (χ1n) is 7.99. The Labute approximate surface area is 136 Å². The van der Waals surface area contributed by atoms with Gasteiger partial charge in [0.1, 0.15) is 6.04 Å². The molecule has 1 aliphatic heterocycles.